The minimum Gasteiger partial charge on any atom is -0.319 e. The van der Waals surface area contributed by atoms with E-state index in [1.165, 1.54) is 16.7 Å². The minimum absolute atomic E-state index is 0.0857. The molecule has 92 valence electrons. The molecule has 5 nitrogen and oxygen atoms in total. The van der Waals surface area contributed by atoms with Crippen LogP contribution in [0.4, 0.5) is 5.69 Å². The molecule has 0 saturated heterocycles. The standard InChI is InChI=1S/C13H12N2O3/c1-9-7-10(3-4-12(9)15(17)18)11-5-6-14(2)13(16)8-11/h3-8H,1-2H3. The Morgan fingerprint density at radius 1 is 1.17 bits per heavy atom. The maximum atomic E-state index is 11.5. The van der Waals surface area contributed by atoms with Crippen LogP contribution >= 0.6 is 0 Å². The Labute approximate surface area is 103 Å². The molecule has 5 heteroatoms. The lowest BCUT2D eigenvalue weighted by Gasteiger charge is -2.04. The lowest BCUT2D eigenvalue weighted by molar-refractivity contribution is -0.385. The third kappa shape index (κ3) is 2.15. The van der Waals surface area contributed by atoms with Crippen LogP contribution in [0.3, 0.4) is 0 Å². The van der Waals surface area contributed by atoms with Crippen molar-refractivity contribution < 1.29 is 4.92 Å². The van der Waals surface area contributed by atoms with Crippen molar-refractivity contribution in [3.8, 4) is 11.1 Å². The van der Waals surface area contributed by atoms with Gasteiger partial charge in [-0.25, -0.2) is 0 Å². The number of hydrogen-bond donors (Lipinski definition) is 0. The maximum absolute atomic E-state index is 11.5. The van der Waals surface area contributed by atoms with Gasteiger partial charge in [0, 0.05) is 30.9 Å². The summed E-state index contributed by atoms with van der Waals surface area (Å²) in [5, 5.41) is 10.7. The van der Waals surface area contributed by atoms with Gasteiger partial charge >= 0.3 is 0 Å². The number of nitro benzene ring substituents is 1. The minimum atomic E-state index is -0.414. The Balaban J connectivity index is 2.52. The third-order valence-electron chi connectivity index (χ3n) is 2.83. The average Bonchev–Trinajstić information content (AvgIpc) is 2.32. The van der Waals surface area contributed by atoms with Gasteiger partial charge in [0.25, 0.3) is 11.2 Å². The van der Waals surface area contributed by atoms with Crippen LogP contribution in [0.2, 0.25) is 0 Å². The Morgan fingerprint density at radius 2 is 1.83 bits per heavy atom. The van der Waals surface area contributed by atoms with E-state index in [2.05, 4.69) is 0 Å². The Bertz CT molecular complexity index is 674. The molecule has 0 saturated carbocycles. The second-order valence-corrected chi connectivity index (χ2v) is 4.12. The number of nitro groups is 1. The molecule has 0 fully saturated rings. The number of hydrogen-bond acceptors (Lipinski definition) is 3. The molecule has 0 bridgehead atoms. The van der Waals surface area contributed by atoms with Crippen molar-refractivity contribution in [1.29, 1.82) is 0 Å². The van der Waals surface area contributed by atoms with Gasteiger partial charge < -0.3 is 4.57 Å². The third-order valence-corrected chi connectivity index (χ3v) is 2.83. The Hall–Kier alpha value is -2.43. The SMILES string of the molecule is Cc1cc(-c2ccn(C)c(=O)c2)ccc1[N+](=O)[O-]. The van der Waals surface area contributed by atoms with E-state index in [9.17, 15) is 14.9 Å². The first kappa shape index (κ1) is 12.0. The Kier molecular flexibility index (Phi) is 2.97. The summed E-state index contributed by atoms with van der Waals surface area (Å²) in [4.78, 5) is 21.8. The molecule has 0 amide bonds. The van der Waals surface area contributed by atoms with Gasteiger partial charge in [-0.05, 0) is 36.2 Å². The van der Waals surface area contributed by atoms with Gasteiger partial charge in [0.2, 0.25) is 0 Å². The van der Waals surface area contributed by atoms with E-state index in [0.29, 0.717) is 5.56 Å². The molecule has 1 aromatic heterocycles. The van der Waals surface area contributed by atoms with Crippen molar-refractivity contribution in [2.75, 3.05) is 0 Å². The lowest BCUT2D eigenvalue weighted by atomic mass is 10.0. The van der Waals surface area contributed by atoms with E-state index in [0.717, 1.165) is 11.1 Å². The number of benzene rings is 1. The second kappa shape index (κ2) is 4.44. The first-order valence-electron chi connectivity index (χ1n) is 5.41. The summed E-state index contributed by atoms with van der Waals surface area (Å²) < 4.78 is 1.47. The smallest absolute Gasteiger partial charge is 0.272 e. The monoisotopic (exact) mass is 244 g/mol. The molecule has 0 radical (unpaired) electrons. The number of rotatable bonds is 2. The fourth-order valence-electron chi connectivity index (χ4n) is 1.77. The van der Waals surface area contributed by atoms with Gasteiger partial charge in [-0.3, -0.25) is 14.9 Å². The molecule has 1 heterocycles. The number of pyridine rings is 1. The molecular weight excluding hydrogens is 232 g/mol. The molecule has 0 spiro atoms. The van der Waals surface area contributed by atoms with E-state index < -0.39 is 4.92 Å². The topological polar surface area (TPSA) is 65.1 Å². The predicted molar refractivity (Wildman–Crippen MR) is 68.5 cm³/mol. The van der Waals surface area contributed by atoms with E-state index in [4.69, 9.17) is 0 Å². The molecule has 0 unspecified atom stereocenters. The van der Waals surface area contributed by atoms with Gasteiger partial charge in [0.05, 0.1) is 4.92 Å². The van der Waals surface area contributed by atoms with Crippen molar-refractivity contribution in [3.63, 3.8) is 0 Å². The predicted octanol–water partition coefficient (Wildman–Crippen LogP) is 2.27. The molecule has 0 aliphatic carbocycles. The summed E-state index contributed by atoms with van der Waals surface area (Å²) in [7, 11) is 1.67. The van der Waals surface area contributed by atoms with E-state index in [1.54, 1.807) is 32.3 Å². The van der Waals surface area contributed by atoms with Crippen LogP contribution in [-0.4, -0.2) is 9.49 Å². The zero-order chi connectivity index (χ0) is 13.3. The van der Waals surface area contributed by atoms with E-state index in [-0.39, 0.29) is 11.2 Å². The van der Waals surface area contributed by atoms with Crippen molar-refractivity contribution in [2.24, 2.45) is 7.05 Å². The summed E-state index contributed by atoms with van der Waals surface area (Å²) >= 11 is 0. The molecule has 0 aliphatic heterocycles. The molecule has 0 atom stereocenters. The quantitative estimate of drug-likeness (QED) is 0.601. The summed E-state index contributed by atoms with van der Waals surface area (Å²) in [6.45, 7) is 1.68. The summed E-state index contributed by atoms with van der Waals surface area (Å²) in [5.74, 6) is 0. The summed E-state index contributed by atoms with van der Waals surface area (Å²) in [6.07, 6.45) is 1.68. The fourth-order valence-corrected chi connectivity index (χ4v) is 1.77. The van der Waals surface area contributed by atoms with Crippen molar-refractivity contribution >= 4 is 5.69 Å². The van der Waals surface area contributed by atoms with Crippen molar-refractivity contribution in [2.45, 2.75) is 6.92 Å². The zero-order valence-electron chi connectivity index (χ0n) is 10.1. The average molecular weight is 244 g/mol. The zero-order valence-corrected chi connectivity index (χ0v) is 10.1. The fraction of sp³-hybridized carbons (Fsp3) is 0.154. The normalized spacial score (nSPS) is 10.3. The number of aromatic nitrogens is 1. The van der Waals surface area contributed by atoms with Crippen molar-refractivity contribution in [3.05, 3.63) is 62.6 Å². The van der Waals surface area contributed by atoms with Gasteiger partial charge in [-0.2, -0.15) is 0 Å². The van der Waals surface area contributed by atoms with Crippen LogP contribution < -0.4 is 5.56 Å². The highest BCUT2D eigenvalue weighted by atomic mass is 16.6. The van der Waals surface area contributed by atoms with E-state index in [1.807, 2.05) is 6.07 Å². The molecule has 2 rings (SSSR count). The van der Waals surface area contributed by atoms with E-state index >= 15 is 0 Å². The van der Waals surface area contributed by atoms with Gasteiger partial charge in [0.1, 0.15) is 0 Å². The van der Waals surface area contributed by atoms with Crippen LogP contribution in [0.25, 0.3) is 11.1 Å². The molecule has 18 heavy (non-hydrogen) atoms. The highest BCUT2D eigenvalue weighted by Crippen LogP contribution is 2.25. The highest BCUT2D eigenvalue weighted by Gasteiger charge is 2.11. The molecular formula is C13H12N2O3. The van der Waals surface area contributed by atoms with Crippen LogP contribution in [-0.2, 0) is 7.05 Å². The van der Waals surface area contributed by atoms with Crippen LogP contribution in [0, 0.1) is 17.0 Å². The first-order valence-corrected chi connectivity index (χ1v) is 5.41. The second-order valence-electron chi connectivity index (χ2n) is 4.12. The van der Waals surface area contributed by atoms with Gasteiger partial charge in [-0.1, -0.05) is 0 Å². The molecule has 1 aromatic carbocycles. The maximum Gasteiger partial charge on any atom is 0.272 e. The number of nitrogens with zero attached hydrogens (tertiary/aromatic N) is 2. The highest BCUT2D eigenvalue weighted by molar-refractivity contribution is 5.66. The Morgan fingerprint density at radius 3 is 2.39 bits per heavy atom. The first-order chi connectivity index (χ1) is 8.49. The van der Waals surface area contributed by atoms with Crippen LogP contribution in [0.15, 0.2) is 41.3 Å². The molecule has 0 aliphatic rings. The van der Waals surface area contributed by atoms with Crippen LogP contribution in [0.5, 0.6) is 0 Å². The summed E-state index contributed by atoms with van der Waals surface area (Å²) in [6, 6.07) is 8.15. The van der Waals surface area contributed by atoms with Crippen molar-refractivity contribution in [1.82, 2.24) is 4.57 Å². The van der Waals surface area contributed by atoms with Crippen LogP contribution in [0.1, 0.15) is 5.56 Å². The number of aryl methyl sites for hydroxylation is 2. The lowest BCUT2D eigenvalue weighted by Crippen LogP contribution is -2.14. The molecule has 2 aromatic rings. The summed E-state index contributed by atoms with van der Waals surface area (Å²) in [5.41, 5.74) is 2.12. The molecule has 0 N–H and O–H groups in total. The largest absolute Gasteiger partial charge is 0.319 e. The van der Waals surface area contributed by atoms with Gasteiger partial charge in [0.15, 0.2) is 0 Å². The van der Waals surface area contributed by atoms with Gasteiger partial charge in [-0.15, -0.1) is 0 Å².